The number of hydrogen-bond acceptors (Lipinski definition) is 5. The molecule has 11 aromatic rings. The summed E-state index contributed by atoms with van der Waals surface area (Å²) in [6.07, 6.45) is 0. The van der Waals surface area contributed by atoms with Crippen LogP contribution in [0.5, 0.6) is 0 Å². The second-order valence-corrected chi connectivity index (χ2v) is 11.5. The van der Waals surface area contributed by atoms with Crippen LogP contribution in [0, 0.1) is 0 Å². The summed E-state index contributed by atoms with van der Waals surface area (Å²) in [5.74, 6) is -1.01. The average molecular weight is 672 g/mol. The van der Waals surface area contributed by atoms with Gasteiger partial charge in [0.15, 0.2) is 11.6 Å². The van der Waals surface area contributed by atoms with Crippen LogP contribution in [0.3, 0.4) is 0 Å². The van der Waals surface area contributed by atoms with E-state index in [9.17, 15) is 6.85 Å². The van der Waals surface area contributed by atoms with Crippen LogP contribution in [0.1, 0.15) is 23.3 Å². The Morgan fingerprint density at radius 2 is 1.12 bits per heavy atom. The van der Waals surface area contributed by atoms with Crippen molar-refractivity contribution in [3.05, 3.63) is 157 Å². The molecule has 7 aromatic carbocycles. The van der Waals surface area contributed by atoms with Crippen LogP contribution < -0.4 is 0 Å². The fourth-order valence-corrected chi connectivity index (χ4v) is 6.45. The molecule has 0 radical (unpaired) electrons. The minimum Gasteiger partial charge on any atom is -0.456 e. The molecule has 0 saturated heterocycles. The molecule has 6 nitrogen and oxygen atoms in total. The van der Waals surface area contributed by atoms with Gasteiger partial charge in [-0.25, -0.2) is 4.98 Å². The summed E-state index contributed by atoms with van der Waals surface area (Å²) < 4.78 is 164. The Labute approximate surface area is 314 Å². The molecule has 0 fully saturated rings. The van der Waals surface area contributed by atoms with Crippen molar-refractivity contribution in [2.75, 3.05) is 0 Å². The van der Waals surface area contributed by atoms with Gasteiger partial charge in [0.05, 0.1) is 39.7 Å². The van der Waals surface area contributed by atoms with Crippen molar-refractivity contribution in [1.29, 1.82) is 0 Å². The highest BCUT2D eigenvalue weighted by Crippen LogP contribution is 2.41. The Morgan fingerprint density at radius 3 is 1.96 bits per heavy atom. The van der Waals surface area contributed by atoms with Gasteiger partial charge in [-0.1, -0.05) is 121 Å². The molecule has 0 spiro atoms. The summed E-state index contributed by atoms with van der Waals surface area (Å²) in [6, 6.07) is 5.62. The zero-order valence-corrected chi connectivity index (χ0v) is 25.8. The van der Waals surface area contributed by atoms with Crippen molar-refractivity contribution >= 4 is 65.7 Å². The lowest BCUT2D eigenvalue weighted by atomic mass is 10.0. The Bertz CT molecular complexity index is 4110. The number of fused-ring (bicyclic) bond motifs is 10. The van der Waals surface area contributed by atoms with Crippen molar-refractivity contribution in [3.63, 3.8) is 0 Å². The number of benzene rings is 7. The monoisotopic (exact) mass is 671 g/mol. The van der Waals surface area contributed by atoms with Gasteiger partial charge in [-0.15, -0.1) is 0 Å². The highest BCUT2D eigenvalue weighted by Gasteiger charge is 2.22. The maximum absolute atomic E-state index is 9.57. The summed E-state index contributed by atoms with van der Waals surface area (Å²) in [7, 11) is 0. The fourth-order valence-electron chi connectivity index (χ4n) is 6.45. The van der Waals surface area contributed by atoms with Crippen molar-refractivity contribution in [3.8, 4) is 39.9 Å². The molecule has 0 amide bonds. The van der Waals surface area contributed by atoms with Crippen molar-refractivity contribution in [2.24, 2.45) is 0 Å². The number of nitrogens with zero attached hydrogens (tertiary/aromatic N) is 4. The molecule has 4 aromatic heterocycles. The Hall–Kier alpha value is -7.05. The van der Waals surface area contributed by atoms with Gasteiger partial charge in [0, 0.05) is 38.1 Å². The minimum absolute atomic E-state index is 0.129. The first-order valence-electron chi connectivity index (χ1n) is 24.1. The molecule has 51 heavy (non-hydrogen) atoms. The number of aromatic nitrogens is 4. The Balaban J connectivity index is 1.34. The van der Waals surface area contributed by atoms with E-state index in [0.717, 1.165) is 15.7 Å². The minimum atomic E-state index is -0.713. The summed E-state index contributed by atoms with van der Waals surface area (Å²) in [5, 5.41) is -1.32. The van der Waals surface area contributed by atoms with Gasteiger partial charge < -0.3 is 8.83 Å². The van der Waals surface area contributed by atoms with Gasteiger partial charge in [-0.2, -0.15) is 9.97 Å². The van der Waals surface area contributed by atoms with Gasteiger partial charge >= 0.3 is 0 Å². The molecule has 0 atom stereocenters. The highest BCUT2D eigenvalue weighted by molar-refractivity contribution is 6.23. The lowest BCUT2D eigenvalue weighted by Crippen LogP contribution is -2.06. The molecule has 238 valence electrons. The SMILES string of the molecule is [2H]c1c([2H])c([2H])c2c(oc3c([2H])c([2H])c([2H])c(-c4nc(-c5ccc(-c6ccccc6)cc5)nc(-n5c6c([2H])c([2H])c([2H])c([2H])c6c6c7oc8c([2H])c([2H])c([2H])c([2H])c8c7c([2H])c([2H])c65)n4)c32)c1[2H]. The largest absolute Gasteiger partial charge is 0.456 e. The highest BCUT2D eigenvalue weighted by atomic mass is 16.3. The molecule has 6 heteroatoms. The molecule has 0 saturated carbocycles. The molecule has 11 rings (SSSR count). The first kappa shape index (κ1) is 16.1. The van der Waals surface area contributed by atoms with Crippen LogP contribution in [-0.4, -0.2) is 19.5 Å². The smallest absolute Gasteiger partial charge is 0.238 e. The van der Waals surface area contributed by atoms with E-state index >= 15 is 0 Å². The second kappa shape index (κ2) is 10.7. The lowest BCUT2D eigenvalue weighted by Gasteiger charge is -2.12. The quantitative estimate of drug-likeness (QED) is 0.186. The van der Waals surface area contributed by atoms with Crippen LogP contribution in [0.2, 0.25) is 0 Å². The van der Waals surface area contributed by atoms with Crippen LogP contribution in [-0.2, 0) is 0 Å². The third-order valence-corrected chi connectivity index (χ3v) is 8.71. The van der Waals surface area contributed by atoms with E-state index < -0.39 is 114 Å². The summed E-state index contributed by atoms with van der Waals surface area (Å²) >= 11 is 0. The Morgan fingerprint density at radius 1 is 0.451 bits per heavy atom. The van der Waals surface area contributed by atoms with Crippen molar-refractivity contribution in [2.45, 2.75) is 0 Å². The van der Waals surface area contributed by atoms with E-state index in [1.54, 1.807) is 24.3 Å². The molecular weight excluding hydrogens is 629 g/mol. The van der Waals surface area contributed by atoms with Gasteiger partial charge in [0.25, 0.3) is 0 Å². The molecular formula is C45H26N4O2. The summed E-state index contributed by atoms with van der Waals surface area (Å²) in [6.45, 7) is 0. The predicted molar refractivity (Wildman–Crippen MR) is 205 cm³/mol. The number of rotatable bonds is 4. The molecule has 4 heterocycles. The van der Waals surface area contributed by atoms with Crippen LogP contribution in [0.25, 0.3) is 106 Å². The topological polar surface area (TPSA) is 69.9 Å². The third kappa shape index (κ3) is 4.20. The average Bonchev–Trinajstić information content (AvgIpc) is 4.05. The lowest BCUT2D eigenvalue weighted by molar-refractivity contribution is 0.669. The summed E-state index contributed by atoms with van der Waals surface area (Å²) in [5.41, 5.74) is -0.331. The van der Waals surface area contributed by atoms with E-state index in [0.29, 0.717) is 5.56 Å². The zero-order chi connectivity index (χ0) is 48.3. The number of hydrogen-bond donors (Lipinski definition) is 0. The first-order valence-corrected chi connectivity index (χ1v) is 15.6. The van der Waals surface area contributed by atoms with Crippen molar-refractivity contribution in [1.82, 2.24) is 19.5 Å². The molecule has 0 aliphatic heterocycles. The Kier molecular flexibility index (Phi) is 3.39. The standard InChI is InChI=1S/C45H26N4O2/c1-2-11-27(12-3-1)28-21-23-29(24-22-28)43-46-44(34-16-10-20-39-40(34)33-15-6-9-19-38(33)50-39)48-45(47-43)49-35-17-7-4-14-32(35)41-36(49)26-25-31-30-13-5-8-18-37(30)51-42(31)41/h1-26H/i4D,5D,6D,7D,8D,9D,10D,13D,14D,15D,16D,17D,18D,19D,20D,25D,26D. The van der Waals surface area contributed by atoms with Crippen LogP contribution in [0.4, 0.5) is 0 Å². The predicted octanol–water partition coefficient (Wildman–Crippen LogP) is 11.8. The molecule has 0 aliphatic carbocycles. The first-order chi connectivity index (χ1) is 32.3. The van der Waals surface area contributed by atoms with Gasteiger partial charge in [0.1, 0.15) is 22.3 Å². The maximum Gasteiger partial charge on any atom is 0.238 e. The molecule has 0 unspecified atom stereocenters. The van der Waals surface area contributed by atoms with Crippen LogP contribution in [0.15, 0.2) is 166 Å². The molecule has 0 N–H and O–H groups in total. The van der Waals surface area contributed by atoms with E-state index in [2.05, 4.69) is 0 Å². The third-order valence-electron chi connectivity index (χ3n) is 8.71. The summed E-state index contributed by atoms with van der Waals surface area (Å²) in [4.78, 5) is 14.4. The molecule has 0 aliphatic rings. The van der Waals surface area contributed by atoms with E-state index in [1.807, 2.05) is 30.3 Å². The zero-order valence-electron chi connectivity index (χ0n) is 42.8. The van der Waals surface area contributed by atoms with Gasteiger partial charge in [-0.3, -0.25) is 4.57 Å². The van der Waals surface area contributed by atoms with Crippen LogP contribution >= 0.6 is 0 Å². The molecule has 0 bridgehead atoms. The van der Waals surface area contributed by atoms with Crippen molar-refractivity contribution < 1.29 is 32.1 Å². The maximum atomic E-state index is 9.57. The fraction of sp³-hybridized carbons (Fsp3) is 0. The van der Waals surface area contributed by atoms with Gasteiger partial charge in [0.2, 0.25) is 5.95 Å². The number of furan rings is 2. The van der Waals surface area contributed by atoms with Gasteiger partial charge in [-0.05, 0) is 47.4 Å². The van der Waals surface area contributed by atoms with E-state index in [4.69, 9.17) is 40.2 Å². The number of para-hydroxylation sites is 3. The second-order valence-electron chi connectivity index (χ2n) is 11.5. The normalized spacial score (nSPS) is 16.6. The van der Waals surface area contributed by atoms with E-state index in [1.165, 1.54) is 0 Å². The van der Waals surface area contributed by atoms with E-state index in [-0.39, 0.29) is 77.1 Å².